The molecule has 2 saturated heterocycles. The standard InChI is InChI=1S/C26H38N4O6S/c1-26(2,3)36-25(33)30-13-9-18(10-14-30)23(24(31)32)29-11-7-17(8-12-29)21-16-27-22-6-5-19(15-20(21)22)28-37(4,34)35/h5-6,15-18,23,27-28H,7-14H2,1-4H3,(H,31,32). The van der Waals surface area contributed by atoms with Crippen molar-refractivity contribution in [3.63, 3.8) is 0 Å². The Hall–Kier alpha value is -2.79. The van der Waals surface area contributed by atoms with E-state index in [1.165, 1.54) is 0 Å². The zero-order chi connectivity index (χ0) is 27.0. The van der Waals surface area contributed by atoms with E-state index in [0.717, 1.165) is 35.6 Å². The molecule has 0 bridgehead atoms. The number of piperidine rings is 2. The Kier molecular flexibility index (Phi) is 7.75. The average Bonchev–Trinajstić information content (AvgIpc) is 3.21. The molecule has 2 aliphatic rings. The molecule has 10 nitrogen and oxygen atoms in total. The summed E-state index contributed by atoms with van der Waals surface area (Å²) in [6, 6.07) is 4.88. The Morgan fingerprint density at radius 2 is 1.76 bits per heavy atom. The van der Waals surface area contributed by atoms with Gasteiger partial charge >= 0.3 is 12.1 Å². The molecule has 1 unspecified atom stereocenters. The zero-order valence-electron chi connectivity index (χ0n) is 22.0. The molecule has 2 aliphatic heterocycles. The molecular formula is C26H38N4O6S. The predicted octanol–water partition coefficient (Wildman–Crippen LogP) is 3.82. The number of sulfonamides is 1. The van der Waals surface area contributed by atoms with E-state index >= 15 is 0 Å². The van der Waals surface area contributed by atoms with Gasteiger partial charge in [-0.1, -0.05) is 0 Å². The summed E-state index contributed by atoms with van der Waals surface area (Å²) in [5.41, 5.74) is 2.04. The molecule has 0 radical (unpaired) electrons. The quantitative estimate of drug-likeness (QED) is 0.513. The predicted molar refractivity (Wildman–Crippen MR) is 142 cm³/mol. The third kappa shape index (κ3) is 6.75. The fourth-order valence-electron chi connectivity index (χ4n) is 5.63. The number of fused-ring (bicyclic) bond motifs is 1. The first-order valence-electron chi connectivity index (χ1n) is 12.8. The molecule has 1 atom stereocenters. The topological polar surface area (TPSA) is 132 Å². The summed E-state index contributed by atoms with van der Waals surface area (Å²) >= 11 is 0. The first-order chi connectivity index (χ1) is 17.3. The van der Waals surface area contributed by atoms with Crippen LogP contribution in [0.5, 0.6) is 0 Å². The molecule has 1 aromatic carbocycles. The molecule has 3 N–H and O–H groups in total. The number of aromatic nitrogens is 1. The number of anilines is 1. The van der Waals surface area contributed by atoms with Crippen LogP contribution in [-0.2, 0) is 19.6 Å². The summed E-state index contributed by atoms with van der Waals surface area (Å²) in [5.74, 6) is -0.579. The van der Waals surface area contributed by atoms with Gasteiger partial charge in [0.25, 0.3) is 0 Å². The maximum Gasteiger partial charge on any atom is 0.410 e. The number of nitrogens with zero attached hydrogens (tertiary/aromatic N) is 2. The minimum absolute atomic E-state index is 0.0227. The van der Waals surface area contributed by atoms with Crippen molar-refractivity contribution < 1.29 is 27.9 Å². The van der Waals surface area contributed by atoms with Crippen LogP contribution in [0.25, 0.3) is 10.9 Å². The molecule has 11 heteroatoms. The number of carboxylic acids is 1. The molecule has 37 heavy (non-hydrogen) atoms. The number of benzene rings is 1. The Morgan fingerprint density at radius 1 is 1.11 bits per heavy atom. The van der Waals surface area contributed by atoms with Gasteiger partial charge in [-0.3, -0.25) is 14.4 Å². The lowest BCUT2D eigenvalue weighted by Crippen LogP contribution is -2.52. The molecule has 0 aliphatic carbocycles. The van der Waals surface area contributed by atoms with E-state index in [0.29, 0.717) is 44.7 Å². The van der Waals surface area contributed by atoms with Crippen molar-refractivity contribution >= 4 is 38.7 Å². The minimum Gasteiger partial charge on any atom is -0.480 e. The van der Waals surface area contributed by atoms with Gasteiger partial charge < -0.3 is 19.7 Å². The number of carbonyl (C=O) groups excluding carboxylic acids is 1. The van der Waals surface area contributed by atoms with Crippen LogP contribution in [0.2, 0.25) is 0 Å². The SMILES string of the molecule is CC(C)(C)OC(=O)N1CCC(C(C(=O)O)N2CCC(c3c[nH]c4ccc(NS(C)(=O)=O)cc34)CC2)CC1. The number of aromatic amines is 1. The van der Waals surface area contributed by atoms with Crippen LogP contribution in [0.4, 0.5) is 10.5 Å². The van der Waals surface area contributed by atoms with Crippen molar-refractivity contribution in [1.82, 2.24) is 14.8 Å². The van der Waals surface area contributed by atoms with E-state index in [1.807, 2.05) is 39.1 Å². The van der Waals surface area contributed by atoms with Gasteiger partial charge in [-0.2, -0.15) is 0 Å². The van der Waals surface area contributed by atoms with Crippen molar-refractivity contribution in [2.45, 2.75) is 64.0 Å². The van der Waals surface area contributed by atoms with Gasteiger partial charge in [0, 0.05) is 35.9 Å². The summed E-state index contributed by atoms with van der Waals surface area (Å²) in [6.07, 6.45) is 5.67. The van der Waals surface area contributed by atoms with Gasteiger partial charge in [0.05, 0.1) is 6.26 Å². The molecular weight excluding hydrogens is 496 g/mol. The van der Waals surface area contributed by atoms with Crippen molar-refractivity contribution in [2.75, 3.05) is 37.2 Å². The summed E-state index contributed by atoms with van der Waals surface area (Å²) in [7, 11) is -3.37. The van der Waals surface area contributed by atoms with Crippen LogP contribution in [0.3, 0.4) is 0 Å². The third-order valence-corrected chi connectivity index (χ3v) is 7.88. The first kappa shape index (κ1) is 27.3. The fraction of sp³-hybridized carbons (Fsp3) is 0.615. The lowest BCUT2D eigenvalue weighted by molar-refractivity contribution is -0.147. The number of aliphatic carboxylic acids is 1. The molecule has 1 aromatic heterocycles. The van der Waals surface area contributed by atoms with E-state index in [9.17, 15) is 23.1 Å². The number of carboxylic acid groups (broad SMARTS) is 1. The van der Waals surface area contributed by atoms with Gasteiger partial charge in [-0.15, -0.1) is 0 Å². The highest BCUT2D eigenvalue weighted by Gasteiger charge is 2.39. The van der Waals surface area contributed by atoms with Crippen LogP contribution < -0.4 is 4.72 Å². The van der Waals surface area contributed by atoms with Crippen molar-refractivity contribution in [3.05, 3.63) is 30.0 Å². The van der Waals surface area contributed by atoms with Crippen LogP contribution in [-0.4, -0.2) is 84.4 Å². The number of amides is 1. The molecule has 2 aromatic rings. The molecule has 0 spiro atoms. The summed E-state index contributed by atoms with van der Waals surface area (Å²) in [5, 5.41) is 11.1. The highest BCUT2D eigenvalue weighted by Crippen LogP contribution is 2.36. The van der Waals surface area contributed by atoms with Crippen LogP contribution in [0.15, 0.2) is 24.4 Å². The summed E-state index contributed by atoms with van der Waals surface area (Å²) in [4.78, 5) is 31.8. The smallest absolute Gasteiger partial charge is 0.410 e. The highest BCUT2D eigenvalue weighted by atomic mass is 32.2. The number of nitrogens with one attached hydrogen (secondary N) is 2. The van der Waals surface area contributed by atoms with Crippen molar-refractivity contribution in [3.8, 4) is 0 Å². The maximum absolute atomic E-state index is 12.4. The lowest BCUT2D eigenvalue weighted by atomic mass is 9.84. The van der Waals surface area contributed by atoms with Gasteiger partial charge in [-0.05, 0) is 95.1 Å². The number of hydrogen-bond acceptors (Lipinski definition) is 6. The number of likely N-dealkylation sites (tertiary alicyclic amines) is 2. The number of carbonyl (C=O) groups is 2. The van der Waals surface area contributed by atoms with E-state index < -0.39 is 27.6 Å². The van der Waals surface area contributed by atoms with E-state index in [2.05, 4.69) is 14.6 Å². The summed E-state index contributed by atoms with van der Waals surface area (Å²) < 4.78 is 31.3. The molecule has 204 valence electrons. The summed E-state index contributed by atoms with van der Waals surface area (Å²) in [6.45, 7) is 7.85. The minimum atomic E-state index is -3.37. The Labute approximate surface area is 218 Å². The number of rotatable bonds is 6. The van der Waals surface area contributed by atoms with Crippen molar-refractivity contribution in [2.24, 2.45) is 5.92 Å². The number of ether oxygens (including phenoxy) is 1. The van der Waals surface area contributed by atoms with Gasteiger partial charge in [0.1, 0.15) is 11.6 Å². The number of hydrogen-bond donors (Lipinski definition) is 3. The highest BCUT2D eigenvalue weighted by molar-refractivity contribution is 7.92. The second-order valence-electron chi connectivity index (χ2n) is 11.3. The van der Waals surface area contributed by atoms with Crippen LogP contribution in [0.1, 0.15) is 57.9 Å². The van der Waals surface area contributed by atoms with Gasteiger partial charge in [0.2, 0.25) is 10.0 Å². The molecule has 1 amide bonds. The van der Waals surface area contributed by atoms with Crippen molar-refractivity contribution in [1.29, 1.82) is 0 Å². The van der Waals surface area contributed by atoms with Crippen LogP contribution in [0, 0.1) is 5.92 Å². The van der Waals surface area contributed by atoms with Gasteiger partial charge in [-0.25, -0.2) is 13.2 Å². The maximum atomic E-state index is 12.4. The zero-order valence-corrected chi connectivity index (χ0v) is 22.8. The molecule has 3 heterocycles. The van der Waals surface area contributed by atoms with E-state index in [-0.39, 0.29) is 17.9 Å². The molecule has 4 rings (SSSR count). The normalized spacial score (nSPS) is 19.6. The Balaban J connectivity index is 1.39. The Morgan fingerprint density at radius 3 is 2.32 bits per heavy atom. The first-order valence-corrected chi connectivity index (χ1v) is 14.7. The largest absolute Gasteiger partial charge is 0.480 e. The average molecular weight is 535 g/mol. The fourth-order valence-corrected chi connectivity index (χ4v) is 6.18. The van der Waals surface area contributed by atoms with Gasteiger partial charge in [0.15, 0.2) is 0 Å². The van der Waals surface area contributed by atoms with E-state index in [4.69, 9.17) is 4.74 Å². The Bertz CT molecular complexity index is 1240. The molecule has 2 fully saturated rings. The molecule has 0 saturated carbocycles. The van der Waals surface area contributed by atoms with Crippen LogP contribution >= 0.6 is 0 Å². The van der Waals surface area contributed by atoms with E-state index in [1.54, 1.807) is 11.0 Å². The third-order valence-electron chi connectivity index (χ3n) is 7.27. The number of H-pyrrole nitrogens is 1. The second kappa shape index (κ2) is 10.5. The lowest BCUT2D eigenvalue weighted by Gasteiger charge is -2.42. The second-order valence-corrected chi connectivity index (χ2v) is 13.0. The monoisotopic (exact) mass is 534 g/mol.